The Morgan fingerprint density at radius 2 is 1.42 bits per heavy atom. The van der Waals surface area contributed by atoms with Gasteiger partial charge in [-0.05, 0) is 0 Å². The van der Waals surface area contributed by atoms with Gasteiger partial charge >= 0.3 is 18.1 Å². The van der Waals surface area contributed by atoms with Crippen LogP contribution < -0.4 is 0 Å². The molecule has 0 amide bonds. The molecule has 0 aliphatic carbocycles. The smallest absolute Gasteiger partial charge is 0.478 e. The molecule has 0 unspecified atom stereocenters. The molecule has 0 rings (SSSR count). The summed E-state index contributed by atoms with van der Waals surface area (Å²) in [4.78, 5) is 18.1. The number of hydrogen-bond acceptors (Lipinski definition) is 2. The summed E-state index contributed by atoms with van der Waals surface area (Å²) in [6, 6.07) is 0. The van der Waals surface area contributed by atoms with Crippen molar-refractivity contribution in [3.63, 3.8) is 0 Å². The second-order valence-electron chi connectivity index (χ2n) is 1.35. The highest BCUT2D eigenvalue weighted by molar-refractivity contribution is 5.78. The van der Waals surface area contributed by atoms with Crippen molar-refractivity contribution in [1.29, 1.82) is 0 Å². The summed E-state index contributed by atoms with van der Waals surface area (Å²) in [5.74, 6) is -3.74. The van der Waals surface area contributed by atoms with Crippen molar-refractivity contribution in [3.8, 4) is 0 Å². The zero-order valence-electron chi connectivity index (χ0n) is 5.63. The molecule has 0 spiro atoms. The molecule has 70 valence electrons. The predicted molar refractivity (Wildman–Crippen MR) is 31.5 cm³/mol. The molecule has 7 heteroatoms. The Morgan fingerprint density at radius 1 is 1.25 bits per heavy atom. The van der Waals surface area contributed by atoms with Crippen LogP contribution >= 0.6 is 0 Å². The highest BCUT2D eigenvalue weighted by Gasteiger charge is 2.38. The lowest BCUT2D eigenvalue weighted by Gasteiger charge is -1.93. The standard InChI is InChI=1S/C3H4O2.C2HF3O2/c1-2-3(4)5;3-2(4,5)1(6)7/h2H,1H2,(H,4,5);(H,6,7). The number of alkyl halides is 3. The van der Waals surface area contributed by atoms with Crippen LogP contribution in [0.4, 0.5) is 13.2 Å². The summed E-state index contributed by atoms with van der Waals surface area (Å²) in [5.41, 5.74) is 0. The molecule has 0 bridgehead atoms. The Morgan fingerprint density at radius 3 is 1.42 bits per heavy atom. The number of hydrogen-bond donors (Lipinski definition) is 2. The Hall–Kier alpha value is -1.53. The summed E-state index contributed by atoms with van der Waals surface area (Å²) in [7, 11) is 0. The maximum absolute atomic E-state index is 10.6. The van der Waals surface area contributed by atoms with E-state index in [1.807, 2.05) is 0 Å². The number of carbonyl (C=O) groups is 2. The van der Waals surface area contributed by atoms with Crippen LogP contribution in [0.25, 0.3) is 0 Å². The van der Waals surface area contributed by atoms with E-state index in [0.717, 1.165) is 6.08 Å². The van der Waals surface area contributed by atoms with Crippen molar-refractivity contribution < 1.29 is 33.0 Å². The molecule has 0 aromatic carbocycles. The summed E-state index contributed by atoms with van der Waals surface area (Å²) in [6.07, 6.45) is -4.25. The number of aliphatic carboxylic acids is 2. The highest BCUT2D eigenvalue weighted by atomic mass is 19.4. The molecule has 0 saturated heterocycles. The number of carboxylic acids is 2. The molecular weight excluding hydrogens is 181 g/mol. The Labute approximate surface area is 64.9 Å². The first-order valence-corrected chi connectivity index (χ1v) is 2.37. The summed E-state index contributed by atoms with van der Waals surface area (Å²) >= 11 is 0. The van der Waals surface area contributed by atoms with Crippen molar-refractivity contribution in [1.82, 2.24) is 0 Å². The Bertz CT molecular complexity index is 184. The first-order chi connectivity index (χ1) is 5.21. The quantitative estimate of drug-likeness (QED) is 0.596. The topological polar surface area (TPSA) is 74.6 Å². The third kappa shape index (κ3) is 11.3. The van der Waals surface area contributed by atoms with Crippen LogP contribution in [0.2, 0.25) is 0 Å². The molecule has 0 aliphatic heterocycles. The monoisotopic (exact) mass is 186 g/mol. The van der Waals surface area contributed by atoms with Crippen LogP contribution in [0.5, 0.6) is 0 Å². The van der Waals surface area contributed by atoms with Crippen molar-refractivity contribution in [2.45, 2.75) is 6.18 Å². The zero-order valence-corrected chi connectivity index (χ0v) is 5.63. The molecule has 0 radical (unpaired) electrons. The van der Waals surface area contributed by atoms with Crippen LogP contribution in [0.1, 0.15) is 0 Å². The van der Waals surface area contributed by atoms with E-state index in [4.69, 9.17) is 15.0 Å². The van der Waals surface area contributed by atoms with Gasteiger partial charge in [-0.15, -0.1) is 0 Å². The van der Waals surface area contributed by atoms with E-state index in [1.54, 1.807) is 0 Å². The molecule has 0 aromatic rings. The van der Waals surface area contributed by atoms with E-state index < -0.39 is 18.1 Å². The lowest BCUT2D eigenvalue weighted by Crippen LogP contribution is -2.21. The second kappa shape index (κ2) is 5.16. The van der Waals surface area contributed by atoms with Gasteiger partial charge in [-0.3, -0.25) is 0 Å². The van der Waals surface area contributed by atoms with E-state index >= 15 is 0 Å². The Balaban J connectivity index is 0. The molecule has 0 aromatic heterocycles. The minimum Gasteiger partial charge on any atom is -0.478 e. The summed E-state index contributed by atoms with van der Waals surface area (Å²) in [6.45, 7) is 2.96. The molecule has 4 nitrogen and oxygen atoms in total. The van der Waals surface area contributed by atoms with Gasteiger partial charge in [0.15, 0.2) is 0 Å². The summed E-state index contributed by atoms with van der Waals surface area (Å²) < 4.78 is 31.7. The highest BCUT2D eigenvalue weighted by Crippen LogP contribution is 2.13. The average molecular weight is 186 g/mol. The fourth-order valence-electron chi connectivity index (χ4n) is 0. The van der Waals surface area contributed by atoms with Crippen LogP contribution in [0.15, 0.2) is 12.7 Å². The molecule has 0 aliphatic rings. The Kier molecular flexibility index (Phi) is 5.63. The first kappa shape index (κ1) is 13.1. The molecule has 0 heterocycles. The molecule has 12 heavy (non-hydrogen) atoms. The van der Waals surface area contributed by atoms with Gasteiger partial charge in [-0.2, -0.15) is 13.2 Å². The van der Waals surface area contributed by atoms with E-state index in [9.17, 15) is 18.0 Å². The van der Waals surface area contributed by atoms with Gasteiger partial charge in [0.25, 0.3) is 0 Å². The van der Waals surface area contributed by atoms with E-state index in [1.165, 1.54) is 0 Å². The van der Waals surface area contributed by atoms with Gasteiger partial charge < -0.3 is 10.2 Å². The average Bonchev–Trinajstić information content (AvgIpc) is 1.87. The minimum atomic E-state index is -5.08. The lowest BCUT2D eigenvalue weighted by molar-refractivity contribution is -0.192. The van der Waals surface area contributed by atoms with Crippen molar-refractivity contribution in [2.24, 2.45) is 0 Å². The minimum absolute atomic E-state index is 0.833. The van der Waals surface area contributed by atoms with Crippen molar-refractivity contribution in [2.75, 3.05) is 0 Å². The van der Waals surface area contributed by atoms with Gasteiger partial charge in [0.1, 0.15) is 0 Å². The third-order valence-corrected chi connectivity index (χ3v) is 0.417. The van der Waals surface area contributed by atoms with Crippen LogP contribution in [0, 0.1) is 0 Å². The van der Waals surface area contributed by atoms with Gasteiger partial charge in [0, 0.05) is 6.08 Å². The second-order valence-corrected chi connectivity index (χ2v) is 1.35. The largest absolute Gasteiger partial charge is 0.490 e. The number of rotatable bonds is 1. The molecule has 0 fully saturated rings. The van der Waals surface area contributed by atoms with Crippen LogP contribution in [-0.2, 0) is 9.59 Å². The summed E-state index contributed by atoms with van der Waals surface area (Å²) in [5, 5.41) is 14.7. The van der Waals surface area contributed by atoms with Gasteiger partial charge in [0.05, 0.1) is 0 Å². The van der Waals surface area contributed by atoms with Gasteiger partial charge in [-0.1, -0.05) is 6.58 Å². The molecule has 0 atom stereocenters. The fourth-order valence-corrected chi connectivity index (χ4v) is 0. The SMILES string of the molecule is C=CC(=O)O.O=C(O)C(F)(F)F. The lowest BCUT2D eigenvalue weighted by atomic mass is 10.7. The van der Waals surface area contributed by atoms with Crippen molar-refractivity contribution in [3.05, 3.63) is 12.7 Å². The van der Waals surface area contributed by atoms with Crippen molar-refractivity contribution >= 4 is 11.9 Å². The van der Waals surface area contributed by atoms with E-state index in [-0.39, 0.29) is 0 Å². The third-order valence-electron chi connectivity index (χ3n) is 0.417. The van der Waals surface area contributed by atoms with Gasteiger partial charge in [0.2, 0.25) is 0 Å². The van der Waals surface area contributed by atoms with Crippen LogP contribution in [-0.4, -0.2) is 28.3 Å². The number of carboxylic acid groups (broad SMARTS) is 2. The van der Waals surface area contributed by atoms with E-state index in [2.05, 4.69) is 6.58 Å². The molecule has 2 N–H and O–H groups in total. The maximum Gasteiger partial charge on any atom is 0.490 e. The van der Waals surface area contributed by atoms with Gasteiger partial charge in [-0.25, -0.2) is 9.59 Å². The zero-order chi connectivity index (χ0) is 10.4. The normalized spacial score (nSPS) is 9.25. The molecular formula is C5H5F3O4. The number of halogens is 3. The fraction of sp³-hybridized carbons (Fsp3) is 0.200. The first-order valence-electron chi connectivity index (χ1n) is 2.37. The molecule has 0 saturated carbocycles. The maximum atomic E-state index is 10.6. The predicted octanol–water partition coefficient (Wildman–Crippen LogP) is 0.890. The van der Waals surface area contributed by atoms with E-state index in [0.29, 0.717) is 0 Å². The van der Waals surface area contributed by atoms with Crippen LogP contribution in [0.3, 0.4) is 0 Å².